The van der Waals surface area contributed by atoms with Gasteiger partial charge in [0.2, 0.25) is 5.13 Å². The Labute approximate surface area is 73.5 Å². The summed E-state index contributed by atoms with van der Waals surface area (Å²) in [4.78, 5) is 13.0. The van der Waals surface area contributed by atoms with Crippen molar-refractivity contribution in [3.63, 3.8) is 0 Å². The van der Waals surface area contributed by atoms with E-state index in [9.17, 15) is 4.79 Å². The molecule has 0 N–H and O–H groups in total. The third-order valence-electron chi connectivity index (χ3n) is 1.81. The van der Waals surface area contributed by atoms with Crippen molar-refractivity contribution in [1.29, 1.82) is 0 Å². The molecule has 0 atom stereocenters. The molecule has 0 unspecified atom stereocenters. The van der Waals surface area contributed by atoms with Crippen molar-refractivity contribution in [2.75, 3.05) is 18.0 Å². The van der Waals surface area contributed by atoms with Gasteiger partial charge in [-0.3, -0.25) is 4.79 Å². The van der Waals surface area contributed by atoms with Crippen LogP contribution in [0.3, 0.4) is 0 Å². The van der Waals surface area contributed by atoms with E-state index in [4.69, 9.17) is 0 Å². The predicted octanol–water partition coefficient (Wildman–Crippen LogP) is 0.102. The van der Waals surface area contributed by atoms with Crippen molar-refractivity contribution in [3.8, 4) is 0 Å². The maximum atomic E-state index is 11.1. The van der Waals surface area contributed by atoms with Crippen LogP contribution in [0, 0.1) is 0 Å². The van der Waals surface area contributed by atoms with Crippen molar-refractivity contribution >= 4 is 22.4 Å². The summed E-state index contributed by atoms with van der Waals surface area (Å²) in [5.41, 5.74) is 0. The lowest BCUT2D eigenvalue weighted by atomic mass is 10.1. The Kier molecular flexibility index (Phi) is 1.99. The van der Waals surface area contributed by atoms with E-state index < -0.39 is 0 Å². The molecule has 64 valence electrons. The summed E-state index contributed by atoms with van der Waals surface area (Å²) in [6, 6.07) is 0. The van der Waals surface area contributed by atoms with Gasteiger partial charge in [0.15, 0.2) is 5.78 Å². The van der Waals surface area contributed by atoms with Crippen LogP contribution in [0.5, 0.6) is 0 Å². The number of anilines is 1. The second kappa shape index (κ2) is 3.14. The highest BCUT2D eigenvalue weighted by molar-refractivity contribution is 7.09. The molecule has 0 saturated carbocycles. The van der Waals surface area contributed by atoms with Crippen LogP contribution in [0.4, 0.5) is 5.13 Å². The SMILES string of the molecule is O=C1CCCN(c2nnns2)C1. The van der Waals surface area contributed by atoms with E-state index in [-0.39, 0.29) is 5.78 Å². The minimum atomic E-state index is 0.274. The monoisotopic (exact) mass is 184 g/mol. The van der Waals surface area contributed by atoms with Crippen LogP contribution < -0.4 is 4.90 Å². The summed E-state index contributed by atoms with van der Waals surface area (Å²) in [6.07, 6.45) is 1.61. The summed E-state index contributed by atoms with van der Waals surface area (Å²) in [6.45, 7) is 1.36. The number of piperidine rings is 1. The third kappa shape index (κ3) is 1.42. The molecule has 1 aliphatic rings. The van der Waals surface area contributed by atoms with Gasteiger partial charge in [-0.2, -0.15) is 0 Å². The first-order chi connectivity index (χ1) is 5.86. The molecule has 1 aromatic rings. The highest BCUT2D eigenvalue weighted by atomic mass is 32.1. The van der Waals surface area contributed by atoms with Gasteiger partial charge in [0.1, 0.15) is 0 Å². The second-order valence-corrected chi connectivity index (χ2v) is 3.42. The number of aromatic nitrogens is 3. The Bertz CT molecular complexity index is 273. The van der Waals surface area contributed by atoms with Gasteiger partial charge in [-0.1, -0.05) is 9.59 Å². The molecule has 1 saturated heterocycles. The lowest BCUT2D eigenvalue weighted by molar-refractivity contribution is -0.118. The van der Waals surface area contributed by atoms with E-state index >= 15 is 0 Å². The normalized spacial score (nSPS) is 18.3. The third-order valence-corrected chi connectivity index (χ3v) is 2.47. The van der Waals surface area contributed by atoms with E-state index in [2.05, 4.69) is 14.8 Å². The average molecular weight is 184 g/mol. The van der Waals surface area contributed by atoms with Crippen molar-refractivity contribution in [2.45, 2.75) is 12.8 Å². The second-order valence-electron chi connectivity index (χ2n) is 2.71. The van der Waals surface area contributed by atoms with Crippen LogP contribution in [-0.2, 0) is 4.79 Å². The molecule has 6 heteroatoms. The highest BCUT2D eigenvalue weighted by Gasteiger charge is 2.19. The first-order valence-electron chi connectivity index (χ1n) is 3.78. The zero-order valence-electron chi connectivity index (χ0n) is 6.43. The molecule has 0 aromatic carbocycles. The Morgan fingerprint density at radius 3 is 3.08 bits per heavy atom. The smallest absolute Gasteiger partial charge is 0.228 e. The number of Topliss-reactive ketones (excluding diaryl/α,β-unsaturated/α-hetero) is 1. The van der Waals surface area contributed by atoms with Crippen molar-refractivity contribution in [2.24, 2.45) is 0 Å². The van der Waals surface area contributed by atoms with Crippen LogP contribution in [0.25, 0.3) is 0 Å². The van der Waals surface area contributed by atoms with Crippen LogP contribution in [0.2, 0.25) is 0 Å². The number of nitrogens with zero attached hydrogens (tertiary/aromatic N) is 4. The van der Waals surface area contributed by atoms with E-state index in [0.29, 0.717) is 13.0 Å². The molecular weight excluding hydrogens is 176 g/mol. The molecule has 1 fully saturated rings. The maximum Gasteiger partial charge on any atom is 0.228 e. The fraction of sp³-hybridized carbons (Fsp3) is 0.667. The average Bonchev–Trinajstić information content (AvgIpc) is 2.56. The Hall–Kier alpha value is -1.04. The largest absolute Gasteiger partial charge is 0.338 e. The van der Waals surface area contributed by atoms with Crippen LogP contribution >= 0.6 is 11.5 Å². The van der Waals surface area contributed by atoms with Gasteiger partial charge in [0.05, 0.1) is 6.54 Å². The maximum absolute atomic E-state index is 11.1. The van der Waals surface area contributed by atoms with Gasteiger partial charge in [-0.25, -0.2) is 0 Å². The summed E-state index contributed by atoms with van der Waals surface area (Å²) in [5, 5.41) is 8.05. The Morgan fingerprint density at radius 1 is 1.50 bits per heavy atom. The van der Waals surface area contributed by atoms with Gasteiger partial charge >= 0.3 is 0 Å². The highest BCUT2D eigenvalue weighted by Crippen LogP contribution is 2.17. The van der Waals surface area contributed by atoms with Gasteiger partial charge in [0, 0.05) is 24.5 Å². The van der Waals surface area contributed by atoms with Crippen molar-refractivity contribution in [1.82, 2.24) is 14.8 Å². The molecule has 1 aromatic heterocycles. The number of rotatable bonds is 1. The first kappa shape index (κ1) is 7.60. The molecule has 12 heavy (non-hydrogen) atoms. The number of hydrogen-bond donors (Lipinski definition) is 0. The standard InChI is InChI=1S/C6H8N4OS/c11-5-2-1-3-10(4-5)6-7-8-9-12-6/h1-4H2. The lowest BCUT2D eigenvalue weighted by Crippen LogP contribution is -2.35. The predicted molar refractivity (Wildman–Crippen MR) is 44.2 cm³/mol. The summed E-state index contributed by atoms with van der Waals surface area (Å²) < 4.78 is 3.65. The molecule has 1 aliphatic heterocycles. The topological polar surface area (TPSA) is 59.0 Å². The Morgan fingerprint density at radius 2 is 2.42 bits per heavy atom. The molecule has 0 radical (unpaired) electrons. The molecular formula is C6H8N4OS. The quantitative estimate of drug-likeness (QED) is 0.619. The molecule has 5 nitrogen and oxygen atoms in total. The van der Waals surface area contributed by atoms with Gasteiger partial charge in [0.25, 0.3) is 0 Å². The molecule has 2 rings (SSSR count). The molecule has 0 spiro atoms. The zero-order valence-corrected chi connectivity index (χ0v) is 7.25. The summed E-state index contributed by atoms with van der Waals surface area (Å²) in [5.74, 6) is 0.274. The van der Waals surface area contributed by atoms with Crippen LogP contribution in [0.1, 0.15) is 12.8 Å². The molecule has 2 heterocycles. The zero-order chi connectivity index (χ0) is 8.39. The van der Waals surface area contributed by atoms with E-state index in [1.165, 1.54) is 11.5 Å². The number of hydrogen-bond acceptors (Lipinski definition) is 6. The van der Waals surface area contributed by atoms with E-state index in [0.717, 1.165) is 18.1 Å². The summed E-state index contributed by atoms with van der Waals surface area (Å²) in [7, 11) is 0. The molecule has 0 amide bonds. The van der Waals surface area contributed by atoms with Gasteiger partial charge in [-0.05, 0) is 11.6 Å². The minimum Gasteiger partial charge on any atom is -0.338 e. The van der Waals surface area contributed by atoms with Gasteiger partial charge in [-0.15, -0.1) is 0 Å². The fourth-order valence-electron chi connectivity index (χ4n) is 1.25. The number of carbonyl (C=O) groups is 1. The van der Waals surface area contributed by atoms with E-state index in [1.807, 2.05) is 4.90 Å². The number of ketones is 1. The summed E-state index contributed by atoms with van der Waals surface area (Å²) >= 11 is 1.23. The number of carbonyl (C=O) groups excluding carboxylic acids is 1. The fourth-order valence-corrected chi connectivity index (χ4v) is 1.74. The van der Waals surface area contributed by atoms with Crippen molar-refractivity contribution in [3.05, 3.63) is 0 Å². The van der Waals surface area contributed by atoms with Crippen LogP contribution in [-0.4, -0.2) is 33.7 Å². The Balaban J connectivity index is 2.09. The van der Waals surface area contributed by atoms with Crippen molar-refractivity contribution < 1.29 is 4.79 Å². The first-order valence-corrected chi connectivity index (χ1v) is 4.55. The lowest BCUT2D eigenvalue weighted by Gasteiger charge is -2.23. The van der Waals surface area contributed by atoms with Crippen LogP contribution in [0.15, 0.2) is 0 Å². The van der Waals surface area contributed by atoms with Gasteiger partial charge < -0.3 is 4.90 Å². The molecule has 0 aliphatic carbocycles. The minimum absolute atomic E-state index is 0.274. The molecule has 0 bridgehead atoms. The van der Waals surface area contributed by atoms with E-state index in [1.54, 1.807) is 0 Å².